The zero-order valence-corrected chi connectivity index (χ0v) is 13.8. The molecule has 0 radical (unpaired) electrons. The first kappa shape index (κ1) is 17.6. The summed E-state index contributed by atoms with van der Waals surface area (Å²) in [7, 11) is 0. The molecular weight excluding hydrogens is 353 g/mol. The van der Waals surface area contributed by atoms with E-state index in [0.717, 1.165) is 16.9 Å². The number of amides is 1. The van der Waals surface area contributed by atoms with Crippen LogP contribution in [0.4, 0.5) is 13.2 Å². The van der Waals surface area contributed by atoms with E-state index in [1.54, 1.807) is 11.4 Å². The summed E-state index contributed by atoms with van der Waals surface area (Å²) in [5.74, 6) is -0.654. The van der Waals surface area contributed by atoms with Crippen molar-refractivity contribution >= 4 is 23.0 Å². The molecule has 1 aromatic heterocycles. The summed E-state index contributed by atoms with van der Waals surface area (Å²) in [4.78, 5) is 12.8. The number of aryl methyl sites for hydroxylation is 1. The summed E-state index contributed by atoms with van der Waals surface area (Å²) in [6.45, 7) is 0. The monoisotopic (exact) mass is 368 g/mol. The van der Waals surface area contributed by atoms with Crippen molar-refractivity contribution < 1.29 is 23.1 Å². The Morgan fingerprint density at radius 3 is 2.56 bits per heavy atom. The molecule has 1 amide bonds. The molecule has 2 aromatic rings. The molecule has 0 bridgehead atoms. The van der Waals surface area contributed by atoms with Crippen molar-refractivity contribution in [3.05, 3.63) is 58.3 Å². The summed E-state index contributed by atoms with van der Waals surface area (Å²) in [5, 5.41) is 16.4. The molecule has 4 nitrogen and oxygen atoms in total. The highest BCUT2D eigenvalue weighted by Gasteiger charge is 2.53. The van der Waals surface area contributed by atoms with Gasteiger partial charge in [-0.1, -0.05) is 36.4 Å². The average Bonchev–Trinajstić information content (AvgIpc) is 3.21. The van der Waals surface area contributed by atoms with E-state index in [-0.39, 0.29) is 11.3 Å². The number of halogens is 3. The highest BCUT2D eigenvalue weighted by molar-refractivity contribution is 7.10. The lowest BCUT2D eigenvalue weighted by molar-refractivity contribution is -0.157. The van der Waals surface area contributed by atoms with Gasteiger partial charge in [0.25, 0.3) is 0 Å². The van der Waals surface area contributed by atoms with Gasteiger partial charge in [-0.2, -0.15) is 23.3 Å². The second kappa shape index (κ2) is 6.61. The van der Waals surface area contributed by atoms with Crippen molar-refractivity contribution in [2.45, 2.75) is 31.2 Å². The molecule has 0 saturated carbocycles. The van der Waals surface area contributed by atoms with Crippen LogP contribution < -0.4 is 0 Å². The van der Waals surface area contributed by atoms with Gasteiger partial charge < -0.3 is 5.11 Å². The SMILES string of the molecule is O=C(CCc1ccccc1)N1N=C(C(F)(F)F)CC1(O)c1cccs1. The fraction of sp³-hybridized carbons (Fsp3) is 0.294. The van der Waals surface area contributed by atoms with Gasteiger partial charge in [0.05, 0.1) is 11.3 Å². The Bertz CT molecular complexity index is 775. The van der Waals surface area contributed by atoms with Gasteiger partial charge in [-0.25, -0.2) is 0 Å². The van der Waals surface area contributed by atoms with Crippen LogP contribution in [0.5, 0.6) is 0 Å². The first-order chi connectivity index (χ1) is 11.8. The summed E-state index contributed by atoms with van der Waals surface area (Å²) < 4.78 is 39.2. The second-order valence-electron chi connectivity index (χ2n) is 5.71. The molecule has 1 atom stereocenters. The molecule has 0 fully saturated rings. The van der Waals surface area contributed by atoms with Crippen molar-refractivity contribution in [1.29, 1.82) is 0 Å². The van der Waals surface area contributed by atoms with Crippen molar-refractivity contribution in [3.63, 3.8) is 0 Å². The lowest BCUT2D eigenvalue weighted by atomic mass is 10.0. The quantitative estimate of drug-likeness (QED) is 0.895. The molecular formula is C17H15F3N2O2S. The normalized spacial score (nSPS) is 20.6. The van der Waals surface area contributed by atoms with Crippen molar-refractivity contribution in [2.24, 2.45) is 5.10 Å². The lowest BCUT2D eigenvalue weighted by Gasteiger charge is -2.30. The Morgan fingerprint density at radius 1 is 1.24 bits per heavy atom. The minimum atomic E-state index is -4.69. The first-order valence-electron chi connectivity index (χ1n) is 7.59. The molecule has 8 heteroatoms. The lowest BCUT2D eigenvalue weighted by Crippen LogP contribution is -2.43. The Labute approximate surface area is 146 Å². The van der Waals surface area contributed by atoms with Gasteiger partial charge in [-0.05, 0) is 23.4 Å². The maximum atomic E-state index is 13.1. The van der Waals surface area contributed by atoms with E-state index in [9.17, 15) is 23.1 Å². The molecule has 0 saturated heterocycles. The predicted octanol–water partition coefficient (Wildman–Crippen LogP) is 3.68. The number of carbonyl (C=O) groups excluding carboxylic acids is 1. The fourth-order valence-electron chi connectivity index (χ4n) is 2.67. The minimum Gasteiger partial charge on any atom is -0.364 e. The Balaban J connectivity index is 1.84. The van der Waals surface area contributed by atoms with Crippen LogP contribution in [0.15, 0.2) is 52.9 Å². The van der Waals surface area contributed by atoms with Crippen LogP contribution in [-0.2, 0) is 16.9 Å². The Morgan fingerprint density at radius 2 is 1.96 bits per heavy atom. The van der Waals surface area contributed by atoms with Gasteiger partial charge in [0.1, 0.15) is 5.71 Å². The van der Waals surface area contributed by atoms with Gasteiger partial charge in [0.2, 0.25) is 11.6 Å². The molecule has 0 spiro atoms. The number of hydrazone groups is 1. The molecule has 1 aromatic carbocycles. The highest BCUT2D eigenvalue weighted by Crippen LogP contribution is 2.41. The van der Waals surface area contributed by atoms with Crippen LogP contribution >= 0.6 is 11.3 Å². The summed E-state index contributed by atoms with van der Waals surface area (Å²) in [6, 6.07) is 12.2. The first-order valence-corrected chi connectivity index (χ1v) is 8.47. The van der Waals surface area contributed by atoms with E-state index in [2.05, 4.69) is 5.10 Å². The van der Waals surface area contributed by atoms with E-state index in [1.807, 2.05) is 30.3 Å². The number of aliphatic hydroxyl groups is 1. The van der Waals surface area contributed by atoms with Crippen LogP contribution in [0.2, 0.25) is 0 Å². The molecule has 3 rings (SSSR count). The zero-order valence-electron chi connectivity index (χ0n) is 13.0. The molecule has 0 aliphatic carbocycles. The smallest absolute Gasteiger partial charge is 0.364 e. The standard InChI is InChI=1S/C17H15F3N2O2S/c18-17(19,20)13-11-16(24,14-7-4-10-25-14)22(21-13)15(23)9-8-12-5-2-1-3-6-12/h1-7,10,24H,8-9,11H2. The average molecular weight is 368 g/mol. The number of benzene rings is 1. The minimum absolute atomic E-state index is 0.0493. The number of hydrogen-bond donors (Lipinski definition) is 1. The van der Waals surface area contributed by atoms with Gasteiger partial charge in [0, 0.05) is 6.42 Å². The van der Waals surface area contributed by atoms with Crippen LogP contribution in [0.1, 0.15) is 23.3 Å². The zero-order chi connectivity index (χ0) is 18.1. The highest BCUT2D eigenvalue weighted by atomic mass is 32.1. The fourth-order valence-corrected chi connectivity index (χ4v) is 3.47. The van der Waals surface area contributed by atoms with Crippen molar-refractivity contribution in [3.8, 4) is 0 Å². The maximum absolute atomic E-state index is 13.1. The van der Waals surface area contributed by atoms with Gasteiger partial charge in [0.15, 0.2) is 0 Å². The molecule has 2 heterocycles. The second-order valence-corrected chi connectivity index (χ2v) is 6.65. The van der Waals surface area contributed by atoms with Gasteiger partial charge >= 0.3 is 6.18 Å². The van der Waals surface area contributed by atoms with E-state index in [4.69, 9.17) is 0 Å². The number of hydrogen-bond acceptors (Lipinski definition) is 4. The number of rotatable bonds is 4. The van der Waals surface area contributed by atoms with E-state index in [1.165, 1.54) is 6.07 Å². The molecule has 132 valence electrons. The third-order valence-corrected chi connectivity index (χ3v) is 4.94. The summed E-state index contributed by atoms with van der Waals surface area (Å²) in [5.41, 5.74) is -2.36. The van der Waals surface area contributed by atoms with Crippen LogP contribution in [0.25, 0.3) is 0 Å². The maximum Gasteiger partial charge on any atom is 0.431 e. The number of carbonyl (C=O) groups is 1. The van der Waals surface area contributed by atoms with E-state index < -0.39 is 29.9 Å². The van der Waals surface area contributed by atoms with Crippen LogP contribution in [0, 0.1) is 0 Å². The molecule has 25 heavy (non-hydrogen) atoms. The predicted molar refractivity (Wildman–Crippen MR) is 87.9 cm³/mol. The van der Waals surface area contributed by atoms with Crippen molar-refractivity contribution in [2.75, 3.05) is 0 Å². The van der Waals surface area contributed by atoms with E-state index >= 15 is 0 Å². The topological polar surface area (TPSA) is 52.9 Å². The number of thiophene rings is 1. The van der Waals surface area contributed by atoms with E-state index in [0.29, 0.717) is 11.4 Å². The number of alkyl halides is 3. The summed E-state index contributed by atoms with van der Waals surface area (Å²) >= 11 is 1.08. The molecule has 1 aliphatic rings. The Hall–Kier alpha value is -2.19. The largest absolute Gasteiger partial charge is 0.431 e. The van der Waals surface area contributed by atoms with Crippen molar-refractivity contribution in [1.82, 2.24) is 5.01 Å². The Kier molecular flexibility index (Phi) is 4.66. The molecule has 1 N–H and O–H groups in total. The number of nitrogens with zero attached hydrogens (tertiary/aromatic N) is 2. The molecule has 1 unspecified atom stereocenters. The summed E-state index contributed by atoms with van der Waals surface area (Å²) in [6.07, 6.45) is -5.16. The molecule has 1 aliphatic heterocycles. The van der Waals surface area contributed by atoms with Gasteiger partial charge in [-0.15, -0.1) is 11.3 Å². The third-order valence-electron chi connectivity index (χ3n) is 3.93. The third kappa shape index (κ3) is 3.59. The van der Waals surface area contributed by atoms with Crippen LogP contribution in [0.3, 0.4) is 0 Å². The van der Waals surface area contributed by atoms with Crippen LogP contribution in [-0.4, -0.2) is 27.9 Å². The van der Waals surface area contributed by atoms with Gasteiger partial charge in [-0.3, -0.25) is 4.79 Å².